The quantitative estimate of drug-likeness (QED) is 0.213. The number of phenolic OH excluding ortho intramolecular Hbond substituents is 1. The van der Waals surface area contributed by atoms with Gasteiger partial charge in [0.2, 0.25) is 0 Å². The van der Waals surface area contributed by atoms with E-state index in [1.165, 1.54) is 18.3 Å². The summed E-state index contributed by atoms with van der Waals surface area (Å²) in [5, 5.41) is 20.3. The fourth-order valence-corrected chi connectivity index (χ4v) is 4.32. The van der Waals surface area contributed by atoms with E-state index in [0.717, 1.165) is 18.0 Å². The van der Waals surface area contributed by atoms with E-state index in [-0.39, 0.29) is 33.3 Å². The van der Waals surface area contributed by atoms with Crippen LogP contribution in [0.5, 0.6) is 5.75 Å². The van der Waals surface area contributed by atoms with Crippen LogP contribution in [0.3, 0.4) is 0 Å². The fraction of sp³-hybridized carbons (Fsp3) is 0.0455. The molecule has 0 spiro atoms. The van der Waals surface area contributed by atoms with Gasteiger partial charge in [-0.1, -0.05) is 52.5 Å². The van der Waals surface area contributed by atoms with Gasteiger partial charge < -0.3 is 14.9 Å². The Morgan fingerprint density at radius 1 is 0.909 bits per heavy atom. The molecule has 0 saturated heterocycles. The minimum Gasteiger partial charge on any atom is -0.508 e. The summed E-state index contributed by atoms with van der Waals surface area (Å²) in [7, 11) is 0. The Labute approximate surface area is 206 Å². The molecule has 0 aliphatic carbocycles. The summed E-state index contributed by atoms with van der Waals surface area (Å²) < 4.78 is 2.33. The maximum absolute atomic E-state index is 13.0. The molecule has 11 heteroatoms. The number of nitrogens with zero attached hydrogens (tertiary/aromatic N) is 3. The van der Waals surface area contributed by atoms with E-state index in [2.05, 4.69) is 4.99 Å². The van der Waals surface area contributed by atoms with Crippen molar-refractivity contribution in [1.82, 2.24) is 9.30 Å². The Balaban J connectivity index is 1.79. The minimum absolute atomic E-state index is 0.0279. The third-order valence-corrected chi connectivity index (χ3v) is 5.96. The zero-order chi connectivity index (χ0) is 23.9. The van der Waals surface area contributed by atoms with Crippen molar-refractivity contribution in [3.05, 3.63) is 91.6 Å². The summed E-state index contributed by atoms with van der Waals surface area (Å²) in [6.07, 6.45) is 3.63. The van der Waals surface area contributed by atoms with Crippen LogP contribution in [0, 0.1) is 0 Å². The fourth-order valence-electron chi connectivity index (χ4n) is 3.31. The van der Waals surface area contributed by atoms with Crippen LogP contribution in [0.4, 0.5) is 0 Å². The monoisotopic (exact) mass is 523 g/mol. The lowest BCUT2D eigenvalue weighted by molar-refractivity contribution is -0.114. The Kier molecular flexibility index (Phi) is 6.41. The first kappa shape index (κ1) is 23.2. The highest BCUT2D eigenvalue weighted by Crippen LogP contribution is 2.29. The van der Waals surface area contributed by atoms with Crippen molar-refractivity contribution >= 4 is 69.0 Å². The molecule has 2 aromatic heterocycles. The highest BCUT2D eigenvalue weighted by Gasteiger charge is 2.22. The number of ketones is 1. The molecule has 0 aliphatic rings. The number of amides is 1. The first-order valence-electron chi connectivity index (χ1n) is 9.30. The van der Waals surface area contributed by atoms with E-state index in [1.54, 1.807) is 28.8 Å². The van der Waals surface area contributed by atoms with E-state index >= 15 is 0 Å². The lowest BCUT2D eigenvalue weighted by Crippen LogP contribution is -2.18. The number of Topliss-reactive ketones (excluding diaryl/α,β-unsaturated/α-hetero) is 1. The largest absolute Gasteiger partial charge is 0.508 e. The average molecular weight is 525 g/mol. The highest BCUT2D eigenvalue weighted by molar-refractivity contribution is 6.45. The van der Waals surface area contributed by atoms with Crippen molar-refractivity contribution in [2.45, 2.75) is 6.54 Å². The number of hydrogen-bond acceptors (Lipinski definition) is 4. The van der Waals surface area contributed by atoms with Crippen molar-refractivity contribution in [2.75, 3.05) is 0 Å². The maximum Gasteiger partial charge on any atom is 0.318 e. The number of fused-ring (bicyclic) bond motifs is 1. The van der Waals surface area contributed by atoms with Crippen LogP contribution < -0.4 is 5.36 Å². The van der Waals surface area contributed by atoms with Crippen molar-refractivity contribution in [1.29, 1.82) is 0 Å². The van der Waals surface area contributed by atoms with E-state index < -0.39 is 11.7 Å². The van der Waals surface area contributed by atoms with Gasteiger partial charge in [-0.25, -0.2) is 4.99 Å². The number of phenols is 1. The molecule has 0 unspecified atom stereocenters. The summed E-state index contributed by atoms with van der Waals surface area (Å²) in [5.74, 6) is -2.13. The van der Waals surface area contributed by atoms with Crippen molar-refractivity contribution < 1.29 is 19.9 Å². The van der Waals surface area contributed by atoms with Crippen LogP contribution in [-0.4, -0.2) is 31.3 Å². The molecule has 7 nitrogen and oxygen atoms in total. The molecule has 0 atom stereocenters. The molecule has 0 fully saturated rings. The molecule has 33 heavy (non-hydrogen) atoms. The third-order valence-electron chi connectivity index (χ3n) is 4.82. The van der Waals surface area contributed by atoms with Crippen molar-refractivity contribution in [3.8, 4) is 5.75 Å². The number of pyridine rings is 1. The third kappa shape index (κ3) is 4.72. The Morgan fingerprint density at radius 2 is 1.61 bits per heavy atom. The van der Waals surface area contributed by atoms with Crippen LogP contribution in [-0.2, 0) is 11.3 Å². The van der Waals surface area contributed by atoms with Crippen LogP contribution >= 0.6 is 46.4 Å². The Morgan fingerprint density at radius 3 is 2.27 bits per heavy atom. The summed E-state index contributed by atoms with van der Waals surface area (Å²) in [5.41, 5.74) is 1.36. The molecular weight excluding hydrogens is 512 g/mol. The molecule has 2 aromatic carbocycles. The number of benzene rings is 2. The molecular formula is C22H13Cl4N3O4. The van der Waals surface area contributed by atoms with Gasteiger partial charge in [-0.15, -0.1) is 0 Å². The second kappa shape index (κ2) is 9.11. The van der Waals surface area contributed by atoms with Crippen LogP contribution in [0.1, 0.15) is 15.9 Å². The predicted molar refractivity (Wildman–Crippen MR) is 126 cm³/mol. The number of carbonyl (C=O) groups is 2. The zero-order valence-electron chi connectivity index (χ0n) is 16.5. The predicted octanol–water partition coefficient (Wildman–Crippen LogP) is 5.36. The topological polar surface area (TPSA) is 96.8 Å². The van der Waals surface area contributed by atoms with Gasteiger partial charge in [0.05, 0.1) is 28.0 Å². The number of halogens is 4. The summed E-state index contributed by atoms with van der Waals surface area (Å²) in [6, 6.07) is 9.53. The van der Waals surface area contributed by atoms with Gasteiger partial charge in [0.15, 0.2) is 0 Å². The summed E-state index contributed by atoms with van der Waals surface area (Å²) >= 11 is 24.2. The Bertz CT molecular complexity index is 1480. The number of aromatic hydroxyl groups is 1. The Hall–Kier alpha value is -2.97. The molecule has 0 aliphatic heterocycles. The summed E-state index contributed by atoms with van der Waals surface area (Å²) in [6.45, 7) is 0.280. The number of aromatic nitrogens is 2. The van der Waals surface area contributed by atoms with E-state index in [0.29, 0.717) is 25.7 Å². The second-order valence-corrected chi connectivity index (χ2v) is 8.69. The number of rotatable bonds is 4. The minimum atomic E-state index is -1.12. The normalized spacial score (nSPS) is 11.0. The maximum atomic E-state index is 13.0. The smallest absolute Gasteiger partial charge is 0.318 e. The van der Waals surface area contributed by atoms with Crippen LogP contribution in [0.25, 0.3) is 10.9 Å². The van der Waals surface area contributed by atoms with Crippen molar-refractivity contribution in [2.24, 2.45) is 4.99 Å². The molecule has 2 N–H and O–H groups in total. The lowest BCUT2D eigenvalue weighted by Gasteiger charge is -2.08. The number of hydrogen-bond donors (Lipinski definition) is 2. The van der Waals surface area contributed by atoms with Gasteiger partial charge in [0, 0.05) is 33.7 Å². The average Bonchev–Trinajstić information content (AvgIpc) is 3.09. The second-order valence-electron chi connectivity index (χ2n) is 7.04. The van der Waals surface area contributed by atoms with Crippen LogP contribution in [0.15, 0.2) is 60.0 Å². The van der Waals surface area contributed by atoms with E-state index in [1.807, 2.05) is 0 Å². The molecule has 4 rings (SSSR count). The molecule has 0 radical (unpaired) electrons. The highest BCUT2D eigenvalue weighted by atomic mass is 35.5. The van der Waals surface area contributed by atoms with E-state index in [4.69, 9.17) is 46.4 Å². The lowest BCUT2D eigenvalue weighted by atomic mass is 10.1. The van der Waals surface area contributed by atoms with Gasteiger partial charge in [-0.3, -0.25) is 9.59 Å². The van der Waals surface area contributed by atoms with Gasteiger partial charge in [0.1, 0.15) is 11.1 Å². The molecule has 0 saturated carbocycles. The van der Waals surface area contributed by atoms with E-state index in [9.17, 15) is 19.9 Å². The van der Waals surface area contributed by atoms with Gasteiger partial charge >= 0.3 is 5.91 Å². The summed E-state index contributed by atoms with van der Waals surface area (Å²) in [4.78, 5) is 29.4. The first-order valence-corrected chi connectivity index (χ1v) is 10.8. The van der Waals surface area contributed by atoms with Crippen molar-refractivity contribution in [3.63, 3.8) is 0 Å². The standard InChI is InChI=1S/C22H13Cl4N3O4/c23-12-2-1-11(16(24)5-12)7-28-8-15(14-6-13(30)3-4-19(14)28)21(31)22(32)27-20-17(25)9-29(33)10-18(20)26/h1-6,8-10,30,33H,7H2. The van der Waals surface area contributed by atoms with Gasteiger partial charge in [-0.2, -0.15) is 4.73 Å². The molecule has 4 aromatic rings. The number of carbonyl (C=O) groups excluding carboxylic acids is 2. The zero-order valence-corrected chi connectivity index (χ0v) is 19.5. The first-order chi connectivity index (χ1) is 15.6. The van der Waals surface area contributed by atoms with Gasteiger partial charge in [0.25, 0.3) is 5.78 Å². The molecule has 1 amide bonds. The molecule has 2 heterocycles. The molecule has 168 valence electrons. The van der Waals surface area contributed by atoms with Gasteiger partial charge in [-0.05, 0) is 35.9 Å². The van der Waals surface area contributed by atoms with Crippen LogP contribution in [0.2, 0.25) is 20.1 Å². The molecule has 0 bridgehead atoms. The SMILES string of the molecule is O=C(N=c1c(Cl)cn(O)cc1Cl)C(=O)c1cn(Cc2ccc(Cl)cc2Cl)c2ccc(O)cc12.